The van der Waals surface area contributed by atoms with Gasteiger partial charge >= 0.3 is 0 Å². The van der Waals surface area contributed by atoms with Crippen LogP contribution in [0.5, 0.6) is 0 Å². The predicted octanol–water partition coefficient (Wildman–Crippen LogP) is 1.92. The molecule has 0 radical (unpaired) electrons. The Labute approximate surface area is 106 Å². The van der Waals surface area contributed by atoms with Crippen LogP contribution in [0.4, 0.5) is 5.69 Å². The number of benzene rings is 1. The van der Waals surface area contributed by atoms with Crippen molar-refractivity contribution in [3.63, 3.8) is 0 Å². The Morgan fingerprint density at radius 2 is 1.94 bits per heavy atom. The molecule has 0 saturated carbocycles. The molecule has 3 N–H and O–H groups in total. The van der Waals surface area contributed by atoms with E-state index in [1.807, 2.05) is 42.7 Å². The third kappa shape index (κ3) is 3.38. The fourth-order valence-electron chi connectivity index (χ4n) is 1.69. The van der Waals surface area contributed by atoms with Gasteiger partial charge in [-0.25, -0.2) is 0 Å². The summed E-state index contributed by atoms with van der Waals surface area (Å²) in [5.74, 6) is 0.0306. The van der Waals surface area contributed by atoms with Gasteiger partial charge in [0.1, 0.15) is 0 Å². The zero-order chi connectivity index (χ0) is 12.8. The second-order valence-electron chi connectivity index (χ2n) is 4.12. The normalized spacial score (nSPS) is 10.1. The number of H-pyrrole nitrogens is 1. The Bertz CT molecular complexity index is 488. The van der Waals surface area contributed by atoms with Crippen molar-refractivity contribution in [1.82, 2.24) is 10.3 Å². The second kappa shape index (κ2) is 5.91. The van der Waals surface area contributed by atoms with Gasteiger partial charge in [0.25, 0.3) is 0 Å². The summed E-state index contributed by atoms with van der Waals surface area (Å²) in [7, 11) is 1.65. The lowest BCUT2D eigenvalue weighted by Gasteiger charge is -2.06. The van der Waals surface area contributed by atoms with Crippen LogP contribution in [0.15, 0.2) is 42.7 Å². The molecule has 0 aliphatic rings. The average molecular weight is 243 g/mol. The molecule has 1 heterocycles. The van der Waals surface area contributed by atoms with Gasteiger partial charge in [-0.15, -0.1) is 0 Å². The molecule has 0 aliphatic carbocycles. The first kappa shape index (κ1) is 12.2. The van der Waals surface area contributed by atoms with Crippen molar-refractivity contribution in [3.05, 3.63) is 53.9 Å². The van der Waals surface area contributed by atoms with E-state index in [0.29, 0.717) is 6.42 Å². The topological polar surface area (TPSA) is 56.9 Å². The first-order valence-electron chi connectivity index (χ1n) is 5.93. The minimum Gasteiger partial charge on any atom is -0.381 e. The molecule has 4 nitrogen and oxygen atoms in total. The molecule has 1 amide bonds. The zero-order valence-corrected chi connectivity index (χ0v) is 10.4. The van der Waals surface area contributed by atoms with Crippen LogP contribution < -0.4 is 10.6 Å². The summed E-state index contributed by atoms with van der Waals surface area (Å²) in [6, 6.07) is 9.95. The van der Waals surface area contributed by atoms with Gasteiger partial charge in [0, 0.05) is 31.7 Å². The summed E-state index contributed by atoms with van der Waals surface area (Å²) in [6.07, 6.45) is 4.30. The van der Waals surface area contributed by atoms with Crippen molar-refractivity contribution in [2.45, 2.75) is 13.0 Å². The standard InChI is InChI=1S/C14H17N3O/c1-15-14(18)8-11-2-4-13(5-3-11)17-10-12-6-7-16-9-12/h2-7,9,16-17H,8,10H2,1H3,(H,15,18). The molecule has 0 unspecified atom stereocenters. The Morgan fingerprint density at radius 3 is 2.56 bits per heavy atom. The molecule has 1 aromatic heterocycles. The highest BCUT2D eigenvalue weighted by Crippen LogP contribution is 2.11. The van der Waals surface area contributed by atoms with Crippen LogP contribution in [0.3, 0.4) is 0 Å². The Hall–Kier alpha value is -2.23. The number of aromatic amines is 1. The first-order valence-corrected chi connectivity index (χ1v) is 5.93. The monoisotopic (exact) mass is 243 g/mol. The van der Waals surface area contributed by atoms with Crippen LogP contribution in [0.2, 0.25) is 0 Å². The summed E-state index contributed by atoms with van der Waals surface area (Å²) < 4.78 is 0. The highest BCUT2D eigenvalue weighted by atomic mass is 16.1. The van der Waals surface area contributed by atoms with Gasteiger partial charge in [-0.2, -0.15) is 0 Å². The molecule has 0 aliphatic heterocycles. The van der Waals surface area contributed by atoms with Crippen molar-refractivity contribution in [2.24, 2.45) is 0 Å². The lowest BCUT2D eigenvalue weighted by Crippen LogP contribution is -2.19. The molecule has 2 rings (SSSR count). The van der Waals surface area contributed by atoms with E-state index in [1.54, 1.807) is 7.05 Å². The van der Waals surface area contributed by atoms with Gasteiger partial charge in [0.2, 0.25) is 5.91 Å². The quantitative estimate of drug-likeness (QED) is 0.751. The number of amides is 1. The Kier molecular flexibility index (Phi) is 4.02. The zero-order valence-electron chi connectivity index (χ0n) is 10.4. The van der Waals surface area contributed by atoms with E-state index in [1.165, 1.54) is 5.56 Å². The summed E-state index contributed by atoms with van der Waals surface area (Å²) >= 11 is 0. The minimum absolute atomic E-state index is 0.0306. The summed E-state index contributed by atoms with van der Waals surface area (Å²) in [4.78, 5) is 14.2. The van der Waals surface area contributed by atoms with Crippen LogP contribution in [-0.4, -0.2) is 17.9 Å². The van der Waals surface area contributed by atoms with E-state index in [-0.39, 0.29) is 5.91 Å². The van der Waals surface area contributed by atoms with Crippen LogP contribution in [0, 0.1) is 0 Å². The molecule has 18 heavy (non-hydrogen) atoms. The molecule has 2 aromatic rings. The maximum absolute atomic E-state index is 11.2. The SMILES string of the molecule is CNC(=O)Cc1ccc(NCc2cc[nH]c2)cc1. The van der Waals surface area contributed by atoms with E-state index < -0.39 is 0 Å². The first-order chi connectivity index (χ1) is 8.78. The van der Waals surface area contributed by atoms with E-state index in [2.05, 4.69) is 15.6 Å². The van der Waals surface area contributed by atoms with E-state index >= 15 is 0 Å². The van der Waals surface area contributed by atoms with Crippen LogP contribution >= 0.6 is 0 Å². The molecule has 0 saturated heterocycles. The predicted molar refractivity (Wildman–Crippen MR) is 72.3 cm³/mol. The van der Waals surface area contributed by atoms with Gasteiger partial charge < -0.3 is 15.6 Å². The van der Waals surface area contributed by atoms with Crippen molar-refractivity contribution < 1.29 is 4.79 Å². The van der Waals surface area contributed by atoms with Gasteiger partial charge in [0.15, 0.2) is 0 Å². The smallest absolute Gasteiger partial charge is 0.224 e. The average Bonchev–Trinajstić information content (AvgIpc) is 2.91. The second-order valence-corrected chi connectivity index (χ2v) is 4.12. The largest absolute Gasteiger partial charge is 0.381 e. The molecular formula is C14H17N3O. The molecule has 0 bridgehead atoms. The van der Waals surface area contributed by atoms with E-state index in [4.69, 9.17) is 0 Å². The number of nitrogens with one attached hydrogen (secondary N) is 3. The molecular weight excluding hydrogens is 226 g/mol. The molecule has 0 fully saturated rings. The van der Waals surface area contributed by atoms with E-state index in [9.17, 15) is 4.79 Å². The van der Waals surface area contributed by atoms with Crippen LogP contribution in [0.25, 0.3) is 0 Å². The number of carbonyl (C=O) groups excluding carboxylic acids is 1. The highest BCUT2D eigenvalue weighted by Gasteiger charge is 2.00. The van der Waals surface area contributed by atoms with E-state index in [0.717, 1.165) is 17.8 Å². The molecule has 0 atom stereocenters. The fraction of sp³-hybridized carbons (Fsp3) is 0.214. The number of hydrogen-bond donors (Lipinski definition) is 3. The molecule has 4 heteroatoms. The highest BCUT2D eigenvalue weighted by molar-refractivity contribution is 5.78. The lowest BCUT2D eigenvalue weighted by molar-refractivity contribution is -0.119. The van der Waals surface area contributed by atoms with Gasteiger partial charge in [-0.3, -0.25) is 4.79 Å². The van der Waals surface area contributed by atoms with Crippen molar-refractivity contribution in [2.75, 3.05) is 12.4 Å². The lowest BCUT2D eigenvalue weighted by atomic mass is 10.1. The number of carbonyl (C=O) groups is 1. The third-order valence-electron chi connectivity index (χ3n) is 2.76. The maximum Gasteiger partial charge on any atom is 0.224 e. The maximum atomic E-state index is 11.2. The Balaban J connectivity index is 1.89. The molecule has 1 aromatic carbocycles. The summed E-state index contributed by atoms with van der Waals surface area (Å²) in [5, 5.41) is 5.93. The summed E-state index contributed by atoms with van der Waals surface area (Å²) in [6.45, 7) is 0.790. The van der Waals surface area contributed by atoms with Crippen LogP contribution in [-0.2, 0) is 17.8 Å². The molecule has 94 valence electrons. The van der Waals surface area contributed by atoms with Crippen molar-refractivity contribution in [1.29, 1.82) is 0 Å². The van der Waals surface area contributed by atoms with Gasteiger partial charge in [-0.05, 0) is 29.3 Å². The third-order valence-corrected chi connectivity index (χ3v) is 2.76. The van der Waals surface area contributed by atoms with Gasteiger partial charge in [0.05, 0.1) is 6.42 Å². The van der Waals surface area contributed by atoms with Crippen molar-refractivity contribution in [3.8, 4) is 0 Å². The summed E-state index contributed by atoms with van der Waals surface area (Å²) in [5.41, 5.74) is 3.28. The fourth-order valence-corrected chi connectivity index (χ4v) is 1.69. The minimum atomic E-state index is 0.0306. The number of anilines is 1. The number of aromatic nitrogens is 1. The Morgan fingerprint density at radius 1 is 1.17 bits per heavy atom. The van der Waals surface area contributed by atoms with Gasteiger partial charge in [-0.1, -0.05) is 12.1 Å². The number of rotatable bonds is 5. The number of hydrogen-bond acceptors (Lipinski definition) is 2. The molecule has 0 spiro atoms. The van der Waals surface area contributed by atoms with Crippen molar-refractivity contribution >= 4 is 11.6 Å². The van der Waals surface area contributed by atoms with Crippen LogP contribution in [0.1, 0.15) is 11.1 Å². The number of likely N-dealkylation sites (N-methyl/N-ethyl adjacent to an activating group) is 1.